The minimum absolute atomic E-state index is 0.506. The Kier molecular flexibility index (Phi) is 4.16. The maximum Gasteiger partial charge on any atom is 0.131 e. The Balaban J connectivity index is 2.25. The van der Waals surface area contributed by atoms with Crippen LogP contribution < -0.4 is 11.1 Å². The molecule has 0 spiro atoms. The van der Waals surface area contributed by atoms with E-state index >= 15 is 0 Å². The second-order valence-corrected chi connectivity index (χ2v) is 3.79. The van der Waals surface area contributed by atoms with E-state index in [9.17, 15) is 0 Å². The van der Waals surface area contributed by atoms with Crippen LogP contribution in [0.2, 0.25) is 0 Å². The first kappa shape index (κ1) is 10.8. The minimum atomic E-state index is 0.506. The molecular weight excluding hydrogens is 176 g/mol. The van der Waals surface area contributed by atoms with Crippen LogP contribution in [-0.2, 0) is 0 Å². The number of hydrogen-bond donors (Lipinski definition) is 2. The smallest absolute Gasteiger partial charge is 0.131 e. The SMILES string of the molecule is CC(C)CCCNc1cc(N)ncn1. The molecule has 0 unspecified atom stereocenters. The zero-order chi connectivity index (χ0) is 10.4. The standard InChI is InChI=1S/C10H18N4/c1-8(2)4-3-5-12-10-6-9(11)13-7-14-10/h6-8H,3-5H2,1-2H3,(H3,11,12,13,14). The van der Waals surface area contributed by atoms with Crippen molar-refractivity contribution in [1.82, 2.24) is 9.97 Å². The highest BCUT2D eigenvalue weighted by Gasteiger charge is 1.96. The summed E-state index contributed by atoms with van der Waals surface area (Å²) >= 11 is 0. The van der Waals surface area contributed by atoms with Crippen molar-refractivity contribution in [2.24, 2.45) is 5.92 Å². The number of aromatic nitrogens is 2. The van der Waals surface area contributed by atoms with Gasteiger partial charge in [0, 0.05) is 12.6 Å². The predicted octanol–water partition coefficient (Wildman–Crippen LogP) is 1.91. The van der Waals surface area contributed by atoms with E-state index < -0.39 is 0 Å². The van der Waals surface area contributed by atoms with E-state index in [2.05, 4.69) is 29.1 Å². The van der Waals surface area contributed by atoms with Gasteiger partial charge in [0.25, 0.3) is 0 Å². The van der Waals surface area contributed by atoms with Crippen LogP contribution in [0.25, 0.3) is 0 Å². The molecule has 3 N–H and O–H groups in total. The first-order valence-corrected chi connectivity index (χ1v) is 5.00. The molecule has 0 aliphatic carbocycles. The Bertz CT molecular complexity index is 273. The first-order valence-electron chi connectivity index (χ1n) is 5.00. The van der Waals surface area contributed by atoms with Gasteiger partial charge < -0.3 is 11.1 Å². The second kappa shape index (κ2) is 5.42. The molecule has 0 aliphatic rings. The van der Waals surface area contributed by atoms with Crippen LogP contribution in [0.1, 0.15) is 26.7 Å². The average Bonchev–Trinajstić information content (AvgIpc) is 2.12. The third-order valence-electron chi connectivity index (χ3n) is 1.95. The highest BCUT2D eigenvalue weighted by atomic mass is 15.0. The van der Waals surface area contributed by atoms with Crippen molar-refractivity contribution in [2.45, 2.75) is 26.7 Å². The van der Waals surface area contributed by atoms with Gasteiger partial charge in [-0.2, -0.15) is 0 Å². The lowest BCUT2D eigenvalue weighted by atomic mass is 10.1. The maximum absolute atomic E-state index is 5.52. The maximum atomic E-state index is 5.52. The molecule has 0 saturated carbocycles. The normalized spacial score (nSPS) is 10.5. The van der Waals surface area contributed by atoms with Gasteiger partial charge in [0.15, 0.2) is 0 Å². The number of nitrogens with two attached hydrogens (primary N) is 1. The summed E-state index contributed by atoms with van der Waals surface area (Å²) < 4.78 is 0. The number of anilines is 2. The van der Waals surface area contributed by atoms with Crippen molar-refractivity contribution in [1.29, 1.82) is 0 Å². The van der Waals surface area contributed by atoms with Crippen LogP contribution in [0.15, 0.2) is 12.4 Å². The van der Waals surface area contributed by atoms with Crippen LogP contribution in [-0.4, -0.2) is 16.5 Å². The minimum Gasteiger partial charge on any atom is -0.384 e. The number of rotatable bonds is 5. The topological polar surface area (TPSA) is 63.8 Å². The van der Waals surface area contributed by atoms with Crippen LogP contribution >= 0.6 is 0 Å². The summed E-state index contributed by atoms with van der Waals surface area (Å²) in [4.78, 5) is 7.88. The zero-order valence-corrected chi connectivity index (χ0v) is 8.83. The van der Waals surface area contributed by atoms with Gasteiger partial charge >= 0.3 is 0 Å². The lowest BCUT2D eigenvalue weighted by molar-refractivity contribution is 0.566. The summed E-state index contributed by atoms with van der Waals surface area (Å²) in [5.74, 6) is 2.07. The largest absolute Gasteiger partial charge is 0.384 e. The van der Waals surface area contributed by atoms with E-state index in [4.69, 9.17) is 5.73 Å². The summed E-state index contributed by atoms with van der Waals surface area (Å²) in [5, 5.41) is 3.21. The molecule has 0 saturated heterocycles. The molecule has 0 bridgehead atoms. The fourth-order valence-electron chi connectivity index (χ4n) is 1.20. The second-order valence-electron chi connectivity index (χ2n) is 3.79. The van der Waals surface area contributed by atoms with E-state index in [-0.39, 0.29) is 0 Å². The Morgan fingerprint density at radius 3 is 2.86 bits per heavy atom. The van der Waals surface area contributed by atoms with Crippen molar-refractivity contribution in [3.63, 3.8) is 0 Å². The molecule has 0 radical (unpaired) electrons. The average molecular weight is 194 g/mol. The molecular formula is C10H18N4. The molecule has 1 aromatic heterocycles. The highest BCUT2D eigenvalue weighted by molar-refractivity contribution is 5.42. The quantitative estimate of drug-likeness (QED) is 0.703. The molecule has 0 amide bonds. The van der Waals surface area contributed by atoms with Gasteiger partial charge in [0.2, 0.25) is 0 Å². The Morgan fingerprint density at radius 2 is 2.21 bits per heavy atom. The third-order valence-corrected chi connectivity index (χ3v) is 1.95. The van der Waals surface area contributed by atoms with Crippen LogP contribution in [0.5, 0.6) is 0 Å². The van der Waals surface area contributed by atoms with Gasteiger partial charge in [-0.05, 0) is 18.8 Å². The summed E-state index contributed by atoms with van der Waals surface area (Å²) in [6.45, 7) is 5.39. The number of nitrogen functional groups attached to an aromatic ring is 1. The fourth-order valence-corrected chi connectivity index (χ4v) is 1.20. The molecule has 0 fully saturated rings. The molecule has 0 aliphatic heterocycles. The van der Waals surface area contributed by atoms with Crippen molar-refractivity contribution < 1.29 is 0 Å². The van der Waals surface area contributed by atoms with E-state index in [1.807, 2.05) is 0 Å². The molecule has 78 valence electrons. The summed E-state index contributed by atoms with van der Waals surface area (Å²) in [5.41, 5.74) is 5.52. The third kappa shape index (κ3) is 4.07. The lowest BCUT2D eigenvalue weighted by Gasteiger charge is -2.06. The molecule has 4 heteroatoms. The summed E-state index contributed by atoms with van der Waals surface area (Å²) in [6.07, 6.45) is 3.86. The van der Waals surface area contributed by atoms with Crippen molar-refractivity contribution >= 4 is 11.6 Å². The van der Waals surface area contributed by atoms with Gasteiger partial charge in [-0.3, -0.25) is 0 Å². The predicted molar refractivity (Wildman–Crippen MR) is 59.0 cm³/mol. The summed E-state index contributed by atoms with van der Waals surface area (Å²) in [7, 11) is 0. The van der Waals surface area contributed by atoms with E-state index in [0.29, 0.717) is 5.82 Å². The van der Waals surface area contributed by atoms with Gasteiger partial charge in [0.1, 0.15) is 18.0 Å². The van der Waals surface area contributed by atoms with Gasteiger partial charge in [-0.15, -0.1) is 0 Å². The highest BCUT2D eigenvalue weighted by Crippen LogP contribution is 2.07. The molecule has 1 heterocycles. The van der Waals surface area contributed by atoms with Crippen molar-refractivity contribution in [3.8, 4) is 0 Å². The van der Waals surface area contributed by atoms with Gasteiger partial charge in [-0.1, -0.05) is 13.8 Å². The lowest BCUT2D eigenvalue weighted by Crippen LogP contribution is -2.05. The van der Waals surface area contributed by atoms with Gasteiger partial charge in [-0.25, -0.2) is 9.97 Å². The van der Waals surface area contributed by atoms with Crippen molar-refractivity contribution in [3.05, 3.63) is 12.4 Å². The van der Waals surface area contributed by atoms with E-state index in [1.54, 1.807) is 6.07 Å². The number of nitrogens with zero attached hydrogens (tertiary/aromatic N) is 2. The molecule has 0 atom stereocenters. The molecule has 4 nitrogen and oxygen atoms in total. The molecule has 1 aromatic rings. The Morgan fingerprint density at radius 1 is 1.43 bits per heavy atom. The Labute approximate surface area is 85.0 Å². The number of hydrogen-bond acceptors (Lipinski definition) is 4. The number of nitrogens with one attached hydrogen (secondary N) is 1. The fraction of sp³-hybridized carbons (Fsp3) is 0.600. The van der Waals surface area contributed by atoms with E-state index in [0.717, 1.165) is 24.7 Å². The molecule has 1 rings (SSSR count). The van der Waals surface area contributed by atoms with Crippen LogP contribution in [0, 0.1) is 5.92 Å². The van der Waals surface area contributed by atoms with Crippen molar-refractivity contribution in [2.75, 3.05) is 17.6 Å². The molecule has 14 heavy (non-hydrogen) atoms. The summed E-state index contributed by atoms with van der Waals surface area (Å²) in [6, 6.07) is 1.75. The first-order chi connectivity index (χ1) is 6.68. The zero-order valence-electron chi connectivity index (χ0n) is 8.83. The van der Waals surface area contributed by atoms with E-state index in [1.165, 1.54) is 12.7 Å². The molecule has 0 aromatic carbocycles. The van der Waals surface area contributed by atoms with Crippen LogP contribution in [0.3, 0.4) is 0 Å². The monoisotopic (exact) mass is 194 g/mol. The van der Waals surface area contributed by atoms with Gasteiger partial charge in [0.05, 0.1) is 0 Å². The van der Waals surface area contributed by atoms with Crippen LogP contribution in [0.4, 0.5) is 11.6 Å². The Hall–Kier alpha value is -1.32.